The van der Waals surface area contributed by atoms with Crippen molar-refractivity contribution in [3.8, 4) is 0 Å². The first-order chi connectivity index (χ1) is 5.46. The van der Waals surface area contributed by atoms with Gasteiger partial charge in [0.1, 0.15) is 0 Å². The van der Waals surface area contributed by atoms with Crippen molar-refractivity contribution in [1.82, 2.24) is 5.06 Å². The smallest absolute Gasteiger partial charge is 0.0410 e. The highest BCUT2D eigenvalue weighted by Crippen LogP contribution is 2.44. The van der Waals surface area contributed by atoms with Gasteiger partial charge in [-0.1, -0.05) is 13.8 Å². The fourth-order valence-corrected chi connectivity index (χ4v) is 2.32. The van der Waals surface area contributed by atoms with E-state index in [4.69, 9.17) is 0 Å². The molecule has 2 nitrogen and oxygen atoms in total. The molecule has 72 valence electrons. The average molecular weight is 171 g/mol. The molecule has 0 spiro atoms. The number of hydrogen-bond acceptors (Lipinski definition) is 2. The Kier molecular flexibility index (Phi) is 2.50. The third kappa shape index (κ3) is 1.50. The van der Waals surface area contributed by atoms with Crippen molar-refractivity contribution in [2.24, 2.45) is 5.41 Å². The molecule has 0 unspecified atom stereocenters. The number of hydroxylamine groups is 2. The van der Waals surface area contributed by atoms with E-state index in [-0.39, 0.29) is 5.54 Å². The summed E-state index contributed by atoms with van der Waals surface area (Å²) in [6.45, 7) is 9.50. The maximum absolute atomic E-state index is 9.69. The van der Waals surface area contributed by atoms with Crippen LogP contribution in [-0.4, -0.2) is 22.4 Å². The third-order valence-electron chi connectivity index (χ3n) is 3.49. The van der Waals surface area contributed by atoms with Crippen molar-refractivity contribution in [3.05, 3.63) is 0 Å². The van der Waals surface area contributed by atoms with Gasteiger partial charge in [0.25, 0.3) is 0 Å². The summed E-state index contributed by atoms with van der Waals surface area (Å²) in [6.07, 6.45) is 3.46. The molecular weight excluding hydrogens is 150 g/mol. The standard InChI is InChI=1S/C10H21NO/c1-5-10(6-2)7-9(3,4)11(12)8-10/h12H,5-8H2,1-4H3. The van der Waals surface area contributed by atoms with Crippen molar-refractivity contribution in [2.75, 3.05) is 6.54 Å². The van der Waals surface area contributed by atoms with Crippen LogP contribution < -0.4 is 0 Å². The van der Waals surface area contributed by atoms with E-state index in [9.17, 15) is 5.21 Å². The van der Waals surface area contributed by atoms with Crippen LogP contribution in [0.5, 0.6) is 0 Å². The van der Waals surface area contributed by atoms with Gasteiger partial charge in [-0.25, -0.2) is 0 Å². The summed E-state index contributed by atoms with van der Waals surface area (Å²) in [6, 6.07) is 0. The van der Waals surface area contributed by atoms with Crippen LogP contribution in [0.3, 0.4) is 0 Å². The number of nitrogens with zero attached hydrogens (tertiary/aromatic N) is 1. The van der Waals surface area contributed by atoms with Crippen molar-refractivity contribution >= 4 is 0 Å². The molecule has 2 heteroatoms. The molecule has 1 N–H and O–H groups in total. The molecule has 1 fully saturated rings. The van der Waals surface area contributed by atoms with Gasteiger partial charge in [-0.15, -0.1) is 0 Å². The summed E-state index contributed by atoms with van der Waals surface area (Å²) in [7, 11) is 0. The summed E-state index contributed by atoms with van der Waals surface area (Å²) in [4.78, 5) is 0. The molecule has 1 aliphatic rings. The van der Waals surface area contributed by atoms with Crippen molar-refractivity contribution in [3.63, 3.8) is 0 Å². The Morgan fingerprint density at radius 3 is 1.92 bits per heavy atom. The first kappa shape index (κ1) is 10.0. The molecule has 0 aliphatic carbocycles. The second-order valence-electron chi connectivity index (χ2n) is 4.75. The van der Waals surface area contributed by atoms with Crippen LogP contribution in [0.1, 0.15) is 47.0 Å². The predicted octanol–water partition coefficient (Wildman–Crippen LogP) is 2.67. The molecule has 1 rings (SSSR count). The maximum atomic E-state index is 9.69. The Morgan fingerprint density at radius 1 is 1.25 bits per heavy atom. The van der Waals surface area contributed by atoms with Crippen LogP contribution in [0.2, 0.25) is 0 Å². The van der Waals surface area contributed by atoms with Crippen molar-refractivity contribution < 1.29 is 5.21 Å². The lowest BCUT2D eigenvalue weighted by molar-refractivity contribution is -0.139. The molecule has 0 saturated carbocycles. The summed E-state index contributed by atoms with van der Waals surface area (Å²) in [5.41, 5.74) is 0.338. The van der Waals surface area contributed by atoms with E-state index < -0.39 is 0 Å². The lowest BCUT2D eigenvalue weighted by atomic mass is 9.78. The zero-order valence-corrected chi connectivity index (χ0v) is 8.72. The summed E-state index contributed by atoms with van der Waals surface area (Å²) in [5.74, 6) is 0. The zero-order chi connectivity index (χ0) is 9.41. The monoisotopic (exact) mass is 171 g/mol. The van der Waals surface area contributed by atoms with Crippen LogP contribution in [0.4, 0.5) is 0 Å². The summed E-state index contributed by atoms with van der Waals surface area (Å²) >= 11 is 0. The average Bonchev–Trinajstić information content (AvgIpc) is 2.24. The SMILES string of the molecule is CCC1(CC)CN(O)C(C)(C)C1. The van der Waals surface area contributed by atoms with Gasteiger partial charge in [0.15, 0.2) is 0 Å². The molecule has 0 aromatic carbocycles. The largest absolute Gasteiger partial charge is 0.313 e. The van der Waals surface area contributed by atoms with Gasteiger partial charge in [-0.05, 0) is 38.5 Å². The Bertz CT molecular complexity index is 161. The van der Waals surface area contributed by atoms with Crippen molar-refractivity contribution in [2.45, 2.75) is 52.5 Å². The van der Waals surface area contributed by atoms with Gasteiger partial charge in [0.05, 0.1) is 0 Å². The Labute approximate surface area is 75.5 Å². The highest BCUT2D eigenvalue weighted by Gasteiger charge is 2.45. The van der Waals surface area contributed by atoms with Gasteiger partial charge in [-0.2, -0.15) is 5.06 Å². The van der Waals surface area contributed by atoms with Gasteiger partial charge >= 0.3 is 0 Å². The van der Waals surface area contributed by atoms with Crippen LogP contribution in [0.25, 0.3) is 0 Å². The summed E-state index contributed by atoms with van der Waals surface area (Å²) in [5, 5.41) is 11.2. The van der Waals surface area contributed by atoms with E-state index in [1.54, 1.807) is 0 Å². The van der Waals surface area contributed by atoms with Crippen LogP contribution in [-0.2, 0) is 0 Å². The minimum absolute atomic E-state index is 0.0218. The van der Waals surface area contributed by atoms with Crippen LogP contribution in [0, 0.1) is 5.41 Å². The highest BCUT2D eigenvalue weighted by molar-refractivity contribution is 4.96. The molecule has 0 aromatic rings. The van der Waals surface area contributed by atoms with E-state index in [0.29, 0.717) is 5.41 Å². The topological polar surface area (TPSA) is 23.5 Å². The lowest BCUT2D eigenvalue weighted by Gasteiger charge is -2.26. The molecule has 0 aromatic heterocycles. The molecule has 1 saturated heterocycles. The Hall–Kier alpha value is -0.0800. The number of hydrogen-bond donors (Lipinski definition) is 1. The van der Waals surface area contributed by atoms with Crippen molar-refractivity contribution in [1.29, 1.82) is 0 Å². The quantitative estimate of drug-likeness (QED) is 0.690. The van der Waals surface area contributed by atoms with Gasteiger partial charge in [0.2, 0.25) is 0 Å². The first-order valence-electron chi connectivity index (χ1n) is 4.92. The minimum atomic E-state index is -0.0218. The van der Waals surface area contributed by atoms with E-state index >= 15 is 0 Å². The molecule has 0 amide bonds. The van der Waals surface area contributed by atoms with E-state index in [0.717, 1.165) is 13.0 Å². The predicted molar refractivity (Wildman–Crippen MR) is 50.2 cm³/mol. The maximum Gasteiger partial charge on any atom is 0.0410 e. The fraction of sp³-hybridized carbons (Fsp3) is 1.00. The van der Waals surface area contributed by atoms with Gasteiger partial charge in [0, 0.05) is 12.1 Å². The molecule has 1 heterocycles. The second-order valence-corrected chi connectivity index (χ2v) is 4.75. The highest BCUT2D eigenvalue weighted by atomic mass is 16.5. The van der Waals surface area contributed by atoms with Gasteiger partial charge < -0.3 is 5.21 Å². The molecule has 0 bridgehead atoms. The second kappa shape index (κ2) is 3.00. The van der Waals surface area contributed by atoms with Crippen LogP contribution in [0.15, 0.2) is 0 Å². The fourth-order valence-electron chi connectivity index (χ4n) is 2.32. The summed E-state index contributed by atoms with van der Waals surface area (Å²) < 4.78 is 0. The molecule has 12 heavy (non-hydrogen) atoms. The molecule has 0 radical (unpaired) electrons. The third-order valence-corrected chi connectivity index (χ3v) is 3.49. The van der Waals surface area contributed by atoms with E-state index in [1.807, 2.05) is 0 Å². The molecular formula is C10H21NO. The van der Waals surface area contributed by atoms with E-state index in [1.165, 1.54) is 17.9 Å². The Morgan fingerprint density at radius 2 is 1.75 bits per heavy atom. The first-order valence-corrected chi connectivity index (χ1v) is 4.92. The van der Waals surface area contributed by atoms with Gasteiger partial charge in [-0.3, -0.25) is 0 Å². The zero-order valence-electron chi connectivity index (χ0n) is 8.72. The Balaban J connectivity index is 2.75. The lowest BCUT2D eigenvalue weighted by Crippen LogP contribution is -2.34. The molecule has 0 atom stereocenters. The normalized spacial score (nSPS) is 27.8. The minimum Gasteiger partial charge on any atom is -0.313 e. The van der Waals surface area contributed by atoms with E-state index in [2.05, 4.69) is 27.7 Å². The number of rotatable bonds is 2. The van der Waals surface area contributed by atoms with Crippen LogP contribution >= 0.6 is 0 Å². The molecule has 1 aliphatic heterocycles.